The lowest BCUT2D eigenvalue weighted by Gasteiger charge is -2.44. The van der Waals surface area contributed by atoms with Crippen molar-refractivity contribution in [2.45, 2.75) is 45.1 Å². The van der Waals surface area contributed by atoms with Gasteiger partial charge in [-0.05, 0) is 32.2 Å². The molecule has 0 bridgehead atoms. The van der Waals surface area contributed by atoms with Gasteiger partial charge in [-0.1, -0.05) is 13.3 Å². The molecule has 1 unspecified atom stereocenters. The third-order valence-electron chi connectivity index (χ3n) is 4.03. The summed E-state index contributed by atoms with van der Waals surface area (Å²) < 4.78 is 5.54. The summed E-state index contributed by atoms with van der Waals surface area (Å²) >= 11 is 0. The lowest BCUT2D eigenvalue weighted by atomic mass is 9.99. The molecule has 2 fully saturated rings. The molecule has 0 aliphatic carbocycles. The molecule has 0 spiro atoms. The van der Waals surface area contributed by atoms with E-state index < -0.39 is 0 Å². The Morgan fingerprint density at radius 2 is 2.06 bits per heavy atom. The van der Waals surface area contributed by atoms with Crippen molar-refractivity contribution in [3.8, 4) is 0 Å². The Morgan fingerprint density at radius 1 is 1.12 bits per heavy atom. The number of piperazine rings is 1. The fourth-order valence-corrected chi connectivity index (χ4v) is 3.06. The normalized spacial score (nSPS) is 27.0. The zero-order chi connectivity index (χ0) is 11.9. The second-order valence-electron chi connectivity index (χ2n) is 5.45. The van der Waals surface area contributed by atoms with Crippen molar-refractivity contribution in [1.29, 1.82) is 0 Å². The van der Waals surface area contributed by atoms with Crippen LogP contribution >= 0.6 is 0 Å². The van der Waals surface area contributed by atoms with E-state index in [-0.39, 0.29) is 0 Å². The minimum atomic E-state index is 0.856. The average Bonchev–Trinajstić information content (AvgIpc) is 2.38. The third kappa shape index (κ3) is 4.23. The molecule has 0 radical (unpaired) electrons. The highest BCUT2D eigenvalue weighted by molar-refractivity contribution is 4.84. The van der Waals surface area contributed by atoms with Crippen molar-refractivity contribution in [1.82, 2.24) is 9.80 Å². The molecule has 2 aliphatic rings. The first-order valence-electron chi connectivity index (χ1n) is 7.44. The Balaban J connectivity index is 1.59. The van der Waals surface area contributed by atoms with Crippen molar-refractivity contribution in [3.63, 3.8) is 0 Å². The number of ether oxygens (including phenoxy) is 1. The third-order valence-corrected chi connectivity index (χ3v) is 4.03. The monoisotopic (exact) mass is 240 g/mol. The topological polar surface area (TPSA) is 15.7 Å². The van der Waals surface area contributed by atoms with Gasteiger partial charge in [0, 0.05) is 45.4 Å². The molecular formula is C14H28N2O. The van der Waals surface area contributed by atoms with Gasteiger partial charge in [-0.2, -0.15) is 0 Å². The van der Waals surface area contributed by atoms with E-state index in [0.717, 1.165) is 25.7 Å². The standard InChI is InChI=1S/C14H28N2O/c1-2-11-17-12-5-7-15-9-10-16-8-4-3-6-14(16)13-15/h14H,2-13H2,1H3. The maximum atomic E-state index is 5.54. The first-order valence-corrected chi connectivity index (χ1v) is 7.44. The van der Waals surface area contributed by atoms with Gasteiger partial charge in [0.2, 0.25) is 0 Å². The van der Waals surface area contributed by atoms with Gasteiger partial charge in [-0.3, -0.25) is 4.90 Å². The zero-order valence-electron chi connectivity index (χ0n) is 11.4. The molecule has 2 heterocycles. The highest BCUT2D eigenvalue weighted by atomic mass is 16.5. The number of fused-ring (bicyclic) bond motifs is 1. The first-order chi connectivity index (χ1) is 8.40. The summed E-state index contributed by atoms with van der Waals surface area (Å²) in [6, 6.07) is 0.856. The van der Waals surface area contributed by atoms with Gasteiger partial charge in [0.25, 0.3) is 0 Å². The molecule has 2 aliphatic heterocycles. The minimum Gasteiger partial charge on any atom is -0.381 e. The predicted molar refractivity (Wildman–Crippen MR) is 71.4 cm³/mol. The molecule has 0 amide bonds. The molecule has 0 aromatic heterocycles. The highest BCUT2D eigenvalue weighted by Gasteiger charge is 2.28. The van der Waals surface area contributed by atoms with Crippen molar-refractivity contribution in [2.24, 2.45) is 0 Å². The molecule has 3 heteroatoms. The fraction of sp³-hybridized carbons (Fsp3) is 1.00. The van der Waals surface area contributed by atoms with Crippen molar-refractivity contribution in [3.05, 3.63) is 0 Å². The van der Waals surface area contributed by atoms with E-state index in [2.05, 4.69) is 16.7 Å². The van der Waals surface area contributed by atoms with Crippen molar-refractivity contribution in [2.75, 3.05) is 45.9 Å². The van der Waals surface area contributed by atoms with E-state index in [4.69, 9.17) is 4.74 Å². The predicted octanol–water partition coefficient (Wildman–Crippen LogP) is 1.97. The maximum Gasteiger partial charge on any atom is 0.0478 e. The Morgan fingerprint density at radius 3 is 2.94 bits per heavy atom. The van der Waals surface area contributed by atoms with E-state index in [1.165, 1.54) is 58.4 Å². The molecular weight excluding hydrogens is 212 g/mol. The lowest BCUT2D eigenvalue weighted by molar-refractivity contribution is 0.0425. The maximum absolute atomic E-state index is 5.54. The number of nitrogens with zero attached hydrogens (tertiary/aromatic N) is 2. The Bertz CT molecular complexity index is 210. The van der Waals surface area contributed by atoms with Gasteiger partial charge in [0.1, 0.15) is 0 Å². The molecule has 100 valence electrons. The molecule has 0 N–H and O–H groups in total. The molecule has 2 saturated heterocycles. The lowest BCUT2D eigenvalue weighted by Crippen LogP contribution is -2.54. The second-order valence-corrected chi connectivity index (χ2v) is 5.45. The van der Waals surface area contributed by atoms with Crippen LogP contribution in [-0.2, 0) is 4.74 Å². The number of hydrogen-bond acceptors (Lipinski definition) is 3. The molecule has 0 saturated carbocycles. The Labute approximate surface area is 106 Å². The quantitative estimate of drug-likeness (QED) is 0.660. The Hall–Kier alpha value is -0.120. The van der Waals surface area contributed by atoms with E-state index in [0.29, 0.717) is 0 Å². The van der Waals surface area contributed by atoms with Gasteiger partial charge in [0.05, 0.1) is 0 Å². The summed E-state index contributed by atoms with van der Waals surface area (Å²) in [6.45, 7) is 10.5. The van der Waals surface area contributed by atoms with Crippen LogP contribution in [0.3, 0.4) is 0 Å². The molecule has 17 heavy (non-hydrogen) atoms. The van der Waals surface area contributed by atoms with Crippen LogP contribution in [0.4, 0.5) is 0 Å². The van der Waals surface area contributed by atoms with Crippen LogP contribution in [0.2, 0.25) is 0 Å². The average molecular weight is 240 g/mol. The largest absolute Gasteiger partial charge is 0.381 e. The molecule has 1 atom stereocenters. The van der Waals surface area contributed by atoms with Gasteiger partial charge in [-0.25, -0.2) is 0 Å². The summed E-state index contributed by atoms with van der Waals surface area (Å²) in [7, 11) is 0. The number of rotatable bonds is 6. The smallest absolute Gasteiger partial charge is 0.0478 e. The van der Waals surface area contributed by atoms with Crippen LogP contribution in [0.5, 0.6) is 0 Å². The summed E-state index contributed by atoms with van der Waals surface area (Å²) in [5.41, 5.74) is 0. The van der Waals surface area contributed by atoms with Crippen LogP contribution in [0.1, 0.15) is 39.0 Å². The highest BCUT2D eigenvalue weighted by Crippen LogP contribution is 2.20. The summed E-state index contributed by atoms with van der Waals surface area (Å²) in [5.74, 6) is 0. The van der Waals surface area contributed by atoms with Crippen LogP contribution in [0.25, 0.3) is 0 Å². The fourth-order valence-electron chi connectivity index (χ4n) is 3.06. The van der Waals surface area contributed by atoms with Crippen LogP contribution in [0.15, 0.2) is 0 Å². The molecule has 0 aromatic carbocycles. The van der Waals surface area contributed by atoms with E-state index in [1.54, 1.807) is 0 Å². The van der Waals surface area contributed by atoms with Crippen LogP contribution in [-0.4, -0.2) is 61.8 Å². The summed E-state index contributed by atoms with van der Waals surface area (Å²) in [6.07, 6.45) is 6.62. The van der Waals surface area contributed by atoms with Crippen LogP contribution in [0, 0.1) is 0 Å². The molecule has 2 rings (SSSR count). The SMILES string of the molecule is CCCOCCCN1CCN2CCCCC2C1. The zero-order valence-corrected chi connectivity index (χ0v) is 11.4. The van der Waals surface area contributed by atoms with E-state index >= 15 is 0 Å². The van der Waals surface area contributed by atoms with Gasteiger partial charge >= 0.3 is 0 Å². The minimum absolute atomic E-state index is 0.856. The Kier molecular flexibility index (Phi) is 5.75. The first kappa shape index (κ1) is 13.3. The van der Waals surface area contributed by atoms with Gasteiger partial charge < -0.3 is 9.64 Å². The van der Waals surface area contributed by atoms with E-state index in [1.807, 2.05) is 0 Å². The van der Waals surface area contributed by atoms with Crippen LogP contribution < -0.4 is 0 Å². The second kappa shape index (κ2) is 7.34. The van der Waals surface area contributed by atoms with Gasteiger partial charge in [-0.15, -0.1) is 0 Å². The summed E-state index contributed by atoms with van der Waals surface area (Å²) in [5, 5.41) is 0. The van der Waals surface area contributed by atoms with Crippen molar-refractivity contribution < 1.29 is 4.74 Å². The summed E-state index contributed by atoms with van der Waals surface area (Å²) in [4.78, 5) is 5.34. The van der Waals surface area contributed by atoms with Crippen molar-refractivity contribution >= 4 is 0 Å². The number of piperidine rings is 1. The molecule has 0 aromatic rings. The number of hydrogen-bond donors (Lipinski definition) is 0. The van der Waals surface area contributed by atoms with E-state index in [9.17, 15) is 0 Å². The van der Waals surface area contributed by atoms with Gasteiger partial charge in [0.15, 0.2) is 0 Å². The molecule has 3 nitrogen and oxygen atoms in total.